The van der Waals surface area contributed by atoms with Gasteiger partial charge >= 0.3 is 0 Å². The molecule has 0 heterocycles. The van der Waals surface area contributed by atoms with E-state index in [4.69, 9.17) is 23.2 Å². The molecule has 246 valence electrons. The Kier molecular flexibility index (Phi) is 7.93. The number of hydrogen-bond acceptors (Lipinski definition) is 1. The molecule has 5 aromatic carbocycles. The highest BCUT2D eigenvalue weighted by Gasteiger charge is 2.35. The maximum atomic E-state index is 7.06. The smallest absolute Gasteiger partial charge is 0.0835 e. The van der Waals surface area contributed by atoms with Crippen LogP contribution in [0, 0.1) is 0 Å². The van der Waals surface area contributed by atoms with Crippen molar-refractivity contribution in [2.45, 2.75) is 97.3 Å². The van der Waals surface area contributed by atoms with Crippen molar-refractivity contribution >= 4 is 40.3 Å². The molecular weight excluding hydrogens is 625 g/mol. The van der Waals surface area contributed by atoms with Crippen molar-refractivity contribution < 1.29 is 0 Å². The predicted molar refractivity (Wildman–Crippen MR) is 208 cm³/mol. The van der Waals surface area contributed by atoms with E-state index >= 15 is 0 Å². The van der Waals surface area contributed by atoms with Gasteiger partial charge < -0.3 is 4.90 Å². The molecule has 0 bridgehead atoms. The van der Waals surface area contributed by atoms with E-state index in [0.29, 0.717) is 16.0 Å². The standard InChI is InChI=1S/C45H47Cl2N/c1-43(2,3)30-17-19-33(20-18-30)48(42-39(46)11-10-12-40(42)47)34-25-37-35-23-31(44(4,5)6)15-13-27(35)21-29-22-28-14-16-32(45(7,8)9)24-36(28)38(26-34)41(29)37/h10-20,23-26,29H,21-22H2,1-9H3. The zero-order chi connectivity index (χ0) is 34.3. The maximum absolute atomic E-state index is 7.06. The van der Waals surface area contributed by atoms with Crippen LogP contribution in [0.25, 0.3) is 22.3 Å². The van der Waals surface area contributed by atoms with Crippen LogP contribution in [-0.2, 0) is 29.1 Å². The Labute approximate surface area is 297 Å². The third-order valence-electron chi connectivity index (χ3n) is 10.4. The Hall–Kier alpha value is -3.52. The average molecular weight is 673 g/mol. The van der Waals surface area contributed by atoms with Crippen LogP contribution in [0.4, 0.5) is 17.1 Å². The Bertz CT molecular complexity index is 1940. The van der Waals surface area contributed by atoms with Gasteiger partial charge in [0.2, 0.25) is 0 Å². The SMILES string of the molecule is CC(C)(C)c1ccc(N(c2cc3c4c(c2)-c2cc(C(C)(C)C)ccc2CC4Cc2ccc(C(C)(C)C)cc2-3)c2c(Cl)cccc2Cl)cc1. The molecule has 0 radical (unpaired) electrons. The fourth-order valence-corrected chi connectivity index (χ4v) is 8.19. The van der Waals surface area contributed by atoms with Gasteiger partial charge in [-0.1, -0.05) is 140 Å². The first kappa shape index (κ1) is 33.0. The molecule has 0 aliphatic heterocycles. The molecular formula is C45H47Cl2N. The van der Waals surface area contributed by atoms with Crippen LogP contribution in [-0.4, -0.2) is 0 Å². The lowest BCUT2D eigenvalue weighted by Crippen LogP contribution is -2.22. The fraction of sp³-hybridized carbons (Fsp3) is 0.333. The van der Waals surface area contributed by atoms with Gasteiger partial charge in [-0.15, -0.1) is 0 Å². The summed E-state index contributed by atoms with van der Waals surface area (Å²) >= 11 is 14.1. The Morgan fingerprint density at radius 3 is 1.38 bits per heavy atom. The molecule has 1 nitrogen and oxygen atoms in total. The number of anilines is 3. The Morgan fingerprint density at radius 2 is 0.938 bits per heavy atom. The number of para-hydroxylation sites is 1. The molecule has 0 aromatic heterocycles. The van der Waals surface area contributed by atoms with Crippen LogP contribution < -0.4 is 4.90 Å². The monoisotopic (exact) mass is 671 g/mol. The van der Waals surface area contributed by atoms with Crippen molar-refractivity contribution in [3.63, 3.8) is 0 Å². The van der Waals surface area contributed by atoms with Crippen LogP contribution in [0.15, 0.2) is 91.0 Å². The van der Waals surface area contributed by atoms with Gasteiger partial charge in [0.05, 0.1) is 15.7 Å². The van der Waals surface area contributed by atoms with E-state index < -0.39 is 0 Å². The fourth-order valence-electron chi connectivity index (χ4n) is 7.62. The van der Waals surface area contributed by atoms with Crippen molar-refractivity contribution in [1.82, 2.24) is 0 Å². The summed E-state index contributed by atoms with van der Waals surface area (Å²) in [6.45, 7) is 20.6. The normalized spacial score (nSPS) is 14.3. The molecule has 0 fully saturated rings. The lowest BCUT2D eigenvalue weighted by Gasteiger charge is -2.38. The second kappa shape index (κ2) is 11.5. The Morgan fingerprint density at radius 1 is 0.500 bits per heavy atom. The molecule has 0 saturated carbocycles. The zero-order valence-corrected chi connectivity index (χ0v) is 31.4. The summed E-state index contributed by atoms with van der Waals surface area (Å²) in [5.74, 6) is 0.424. The number of nitrogens with zero attached hydrogens (tertiary/aromatic N) is 1. The highest BCUT2D eigenvalue weighted by Crippen LogP contribution is 2.54. The van der Waals surface area contributed by atoms with Gasteiger partial charge in [-0.05, 0) is 127 Å². The molecule has 3 heteroatoms. The lowest BCUT2D eigenvalue weighted by atomic mass is 9.68. The van der Waals surface area contributed by atoms with Crippen LogP contribution in [0.1, 0.15) is 102 Å². The van der Waals surface area contributed by atoms with Gasteiger partial charge in [-0.3, -0.25) is 0 Å². The van der Waals surface area contributed by atoms with Gasteiger partial charge in [-0.25, -0.2) is 0 Å². The molecule has 0 saturated heterocycles. The molecule has 48 heavy (non-hydrogen) atoms. The second-order valence-electron chi connectivity index (χ2n) is 17.0. The van der Waals surface area contributed by atoms with Crippen molar-refractivity contribution in [2.24, 2.45) is 0 Å². The van der Waals surface area contributed by atoms with E-state index in [9.17, 15) is 0 Å². The van der Waals surface area contributed by atoms with Crippen molar-refractivity contribution in [3.05, 3.63) is 134 Å². The maximum Gasteiger partial charge on any atom is 0.0835 e. The highest BCUT2D eigenvalue weighted by atomic mass is 35.5. The molecule has 0 atom stereocenters. The predicted octanol–water partition coefficient (Wildman–Crippen LogP) is 13.9. The number of rotatable bonds is 3. The summed E-state index contributed by atoms with van der Waals surface area (Å²) in [5, 5.41) is 1.25. The lowest BCUT2D eigenvalue weighted by molar-refractivity contribution is 0.588. The molecule has 5 aromatic rings. The summed E-state index contributed by atoms with van der Waals surface area (Å²) in [6.07, 6.45) is 2.10. The van der Waals surface area contributed by atoms with Gasteiger partial charge in [0.15, 0.2) is 0 Å². The van der Waals surface area contributed by atoms with Crippen LogP contribution >= 0.6 is 23.2 Å². The van der Waals surface area contributed by atoms with Gasteiger partial charge in [0.1, 0.15) is 0 Å². The molecule has 2 aliphatic rings. The van der Waals surface area contributed by atoms with Crippen molar-refractivity contribution in [3.8, 4) is 22.3 Å². The molecule has 0 spiro atoms. The first-order chi connectivity index (χ1) is 22.5. The van der Waals surface area contributed by atoms with E-state index in [2.05, 4.69) is 140 Å². The molecule has 2 aliphatic carbocycles. The third kappa shape index (κ3) is 5.78. The van der Waals surface area contributed by atoms with Crippen LogP contribution in [0.2, 0.25) is 10.0 Å². The third-order valence-corrected chi connectivity index (χ3v) is 11.1. The van der Waals surface area contributed by atoms with E-state index in [0.717, 1.165) is 29.9 Å². The van der Waals surface area contributed by atoms with Gasteiger partial charge in [0.25, 0.3) is 0 Å². The summed E-state index contributed by atoms with van der Waals surface area (Å²) in [4.78, 5) is 2.27. The molecule has 0 N–H and O–H groups in total. The van der Waals surface area contributed by atoms with E-state index in [1.165, 1.54) is 55.6 Å². The first-order valence-electron chi connectivity index (χ1n) is 17.3. The highest BCUT2D eigenvalue weighted by molar-refractivity contribution is 6.39. The number of fused-ring (bicyclic) bond motifs is 4. The quantitative estimate of drug-likeness (QED) is 0.184. The average Bonchev–Trinajstić information content (AvgIpc) is 3.01. The zero-order valence-electron chi connectivity index (χ0n) is 29.9. The molecule has 0 amide bonds. The first-order valence-corrected chi connectivity index (χ1v) is 18.1. The van der Waals surface area contributed by atoms with Gasteiger partial charge in [0, 0.05) is 11.4 Å². The topological polar surface area (TPSA) is 3.24 Å². The van der Waals surface area contributed by atoms with E-state index in [1.807, 2.05) is 18.2 Å². The van der Waals surface area contributed by atoms with Gasteiger partial charge in [-0.2, -0.15) is 0 Å². The minimum atomic E-state index is 0.0410. The van der Waals surface area contributed by atoms with Crippen molar-refractivity contribution in [1.29, 1.82) is 0 Å². The number of benzene rings is 5. The number of hydrogen-bond donors (Lipinski definition) is 0. The summed E-state index contributed by atoms with van der Waals surface area (Å²) in [5.41, 5.74) is 16.7. The van der Waals surface area contributed by atoms with E-state index in [-0.39, 0.29) is 16.2 Å². The summed E-state index contributed by atoms with van der Waals surface area (Å²) < 4.78 is 0. The van der Waals surface area contributed by atoms with E-state index in [1.54, 1.807) is 0 Å². The summed E-state index contributed by atoms with van der Waals surface area (Å²) in [7, 11) is 0. The molecule has 7 rings (SSSR count). The molecule has 0 unspecified atom stereocenters. The number of halogens is 2. The second-order valence-corrected chi connectivity index (χ2v) is 17.8. The summed E-state index contributed by atoms with van der Waals surface area (Å²) in [6, 6.07) is 33.9. The Balaban J connectivity index is 1.56. The van der Waals surface area contributed by atoms with Crippen LogP contribution in [0.3, 0.4) is 0 Å². The largest absolute Gasteiger partial charge is 0.308 e. The van der Waals surface area contributed by atoms with Crippen LogP contribution in [0.5, 0.6) is 0 Å². The minimum absolute atomic E-state index is 0.0410. The minimum Gasteiger partial charge on any atom is -0.308 e. The van der Waals surface area contributed by atoms with Crippen molar-refractivity contribution in [2.75, 3.05) is 4.90 Å².